The summed E-state index contributed by atoms with van der Waals surface area (Å²) in [7, 11) is 0. The standard InChI is InChI=1S/C25H36N6O2/c1-25(2,3)33-24(32)31-16-8-9-20(18-31)28-22-23(30-14-6-4-5-7-15-30)27-17-21(29-22)19-10-12-26-13-11-19/h10-13,17,20H,4-9,14-16,18H2,1-3H3,(H,28,29). The van der Waals surface area contributed by atoms with Crippen LogP contribution < -0.4 is 10.2 Å². The van der Waals surface area contributed by atoms with Crippen molar-refractivity contribution in [3.63, 3.8) is 0 Å². The average Bonchev–Trinajstić information content (AvgIpc) is 3.08. The van der Waals surface area contributed by atoms with E-state index >= 15 is 0 Å². The lowest BCUT2D eigenvalue weighted by Crippen LogP contribution is -2.47. The molecule has 0 bridgehead atoms. The van der Waals surface area contributed by atoms with Gasteiger partial charge in [-0.2, -0.15) is 0 Å². The molecule has 2 aromatic heterocycles. The van der Waals surface area contributed by atoms with Gasteiger partial charge >= 0.3 is 6.09 Å². The van der Waals surface area contributed by atoms with Crippen LogP contribution in [-0.2, 0) is 4.74 Å². The van der Waals surface area contributed by atoms with E-state index in [1.54, 1.807) is 17.3 Å². The van der Waals surface area contributed by atoms with Crippen LogP contribution in [0.5, 0.6) is 0 Å². The van der Waals surface area contributed by atoms with Crippen LogP contribution in [0.4, 0.5) is 16.4 Å². The fourth-order valence-electron chi connectivity index (χ4n) is 4.44. The number of pyridine rings is 1. The Balaban J connectivity index is 1.56. The molecule has 1 N–H and O–H groups in total. The van der Waals surface area contributed by atoms with Gasteiger partial charge in [0.15, 0.2) is 11.6 Å². The van der Waals surface area contributed by atoms with Crippen molar-refractivity contribution in [2.24, 2.45) is 0 Å². The molecule has 2 aliphatic heterocycles. The lowest BCUT2D eigenvalue weighted by atomic mass is 10.1. The summed E-state index contributed by atoms with van der Waals surface area (Å²) < 4.78 is 5.60. The maximum atomic E-state index is 12.6. The van der Waals surface area contributed by atoms with Crippen LogP contribution in [0.1, 0.15) is 59.3 Å². The van der Waals surface area contributed by atoms with E-state index in [1.165, 1.54) is 25.7 Å². The van der Waals surface area contributed by atoms with Gasteiger partial charge < -0.3 is 19.9 Å². The summed E-state index contributed by atoms with van der Waals surface area (Å²) in [6.45, 7) is 9.00. The van der Waals surface area contributed by atoms with E-state index in [1.807, 2.05) is 39.1 Å². The number of rotatable bonds is 4. The monoisotopic (exact) mass is 452 g/mol. The first-order valence-corrected chi connectivity index (χ1v) is 12.2. The molecular weight excluding hydrogens is 416 g/mol. The summed E-state index contributed by atoms with van der Waals surface area (Å²) in [5.41, 5.74) is 1.31. The topological polar surface area (TPSA) is 83.5 Å². The highest BCUT2D eigenvalue weighted by molar-refractivity contribution is 5.69. The molecule has 2 fully saturated rings. The molecule has 0 aromatic carbocycles. The predicted octanol–water partition coefficient (Wildman–Crippen LogP) is 4.73. The van der Waals surface area contributed by atoms with Gasteiger partial charge in [0.25, 0.3) is 0 Å². The molecule has 0 saturated carbocycles. The fraction of sp³-hybridized carbons (Fsp3) is 0.600. The fourth-order valence-corrected chi connectivity index (χ4v) is 4.44. The van der Waals surface area contributed by atoms with Crippen LogP contribution in [-0.4, -0.2) is 63.8 Å². The molecule has 2 aromatic rings. The van der Waals surface area contributed by atoms with E-state index in [-0.39, 0.29) is 12.1 Å². The Labute approximate surface area is 196 Å². The van der Waals surface area contributed by atoms with Gasteiger partial charge in [-0.05, 0) is 58.6 Å². The predicted molar refractivity (Wildman–Crippen MR) is 130 cm³/mol. The number of aromatic nitrogens is 3. The average molecular weight is 453 g/mol. The molecule has 0 spiro atoms. The highest BCUT2D eigenvalue weighted by Crippen LogP contribution is 2.29. The minimum atomic E-state index is -0.498. The summed E-state index contributed by atoms with van der Waals surface area (Å²) >= 11 is 0. The molecule has 178 valence electrons. The number of amides is 1. The Morgan fingerprint density at radius 1 is 1.06 bits per heavy atom. The second kappa shape index (κ2) is 10.4. The van der Waals surface area contributed by atoms with Gasteiger partial charge in [0.05, 0.1) is 11.9 Å². The van der Waals surface area contributed by atoms with Gasteiger partial charge in [-0.15, -0.1) is 0 Å². The SMILES string of the molecule is CC(C)(C)OC(=O)N1CCCC(Nc2nc(-c3ccncc3)cnc2N2CCCCCC2)C1. The van der Waals surface area contributed by atoms with Crippen molar-refractivity contribution in [1.82, 2.24) is 19.9 Å². The molecule has 33 heavy (non-hydrogen) atoms. The lowest BCUT2D eigenvalue weighted by Gasteiger charge is -2.35. The van der Waals surface area contributed by atoms with Crippen LogP contribution in [0.15, 0.2) is 30.7 Å². The third kappa shape index (κ3) is 6.33. The minimum Gasteiger partial charge on any atom is -0.444 e. The number of likely N-dealkylation sites (tertiary alicyclic amines) is 1. The van der Waals surface area contributed by atoms with Crippen molar-refractivity contribution in [3.8, 4) is 11.3 Å². The van der Waals surface area contributed by atoms with Crippen LogP contribution in [0.3, 0.4) is 0 Å². The highest BCUT2D eigenvalue weighted by atomic mass is 16.6. The van der Waals surface area contributed by atoms with Crippen LogP contribution >= 0.6 is 0 Å². The maximum absolute atomic E-state index is 12.6. The zero-order valence-corrected chi connectivity index (χ0v) is 20.1. The Morgan fingerprint density at radius 3 is 2.48 bits per heavy atom. The van der Waals surface area contributed by atoms with Gasteiger partial charge in [0.1, 0.15) is 5.60 Å². The molecule has 8 heteroatoms. The van der Waals surface area contributed by atoms with E-state index in [4.69, 9.17) is 14.7 Å². The Morgan fingerprint density at radius 2 is 1.79 bits per heavy atom. The molecule has 0 radical (unpaired) electrons. The summed E-state index contributed by atoms with van der Waals surface area (Å²) in [5.74, 6) is 1.70. The van der Waals surface area contributed by atoms with Gasteiger partial charge in [0, 0.05) is 50.2 Å². The second-order valence-corrected chi connectivity index (χ2v) is 9.97. The zero-order valence-electron chi connectivity index (χ0n) is 20.1. The summed E-state index contributed by atoms with van der Waals surface area (Å²) in [6, 6.07) is 3.99. The van der Waals surface area contributed by atoms with Crippen molar-refractivity contribution in [3.05, 3.63) is 30.7 Å². The molecule has 1 amide bonds. The number of anilines is 2. The number of carbonyl (C=O) groups is 1. The third-order valence-electron chi connectivity index (χ3n) is 6.05. The molecule has 4 rings (SSSR count). The van der Waals surface area contributed by atoms with E-state index in [9.17, 15) is 4.79 Å². The number of hydrogen-bond acceptors (Lipinski definition) is 7. The van der Waals surface area contributed by atoms with Crippen molar-refractivity contribution in [2.75, 3.05) is 36.4 Å². The van der Waals surface area contributed by atoms with Gasteiger partial charge in [-0.25, -0.2) is 14.8 Å². The molecule has 1 atom stereocenters. The summed E-state index contributed by atoms with van der Waals surface area (Å²) in [6.07, 6.45) is 11.9. The lowest BCUT2D eigenvalue weighted by molar-refractivity contribution is 0.0206. The molecule has 2 aliphatic rings. The Kier molecular flexibility index (Phi) is 7.30. The van der Waals surface area contributed by atoms with Crippen LogP contribution in [0.25, 0.3) is 11.3 Å². The van der Waals surface area contributed by atoms with E-state index < -0.39 is 5.60 Å². The van der Waals surface area contributed by atoms with Crippen molar-refractivity contribution >= 4 is 17.7 Å². The normalized spacial score (nSPS) is 19.7. The van der Waals surface area contributed by atoms with Gasteiger partial charge in [-0.1, -0.05) is 12.8 Å². The third-order valence-corrected chi connectivity index (χ3v) is 6.05. The summed E-state index contributed by atoms with van der Waals surface area (Å²) in [4.78, 5) is 30.8. The van der Waals surface area contributed by atoms with Crippen molar-refractivity contribution in [1.29, 1.82) is 0 Å². The number of nitrogens with zero attached hydrogens (tertiary/aromatic N) is 5. The molecular formula is C25H36N6O2. The Bertz CT molecular complexity index is 922. The van der Waals surface area contributed by atoms with E-state index in [0.29, 0.717) is 6.54 Å². The zero-order chi connectivity index (χ0) is 23.3. The highest BCUT2D eigenvalue weighted by Gasteiger charge is 2.29. The van der Waals surface area contributed by atoms with Gasteiger partial charge in [-0.3, -0.25) is 4.98 Å². The molecule has 4 heterocycles. The van der Waals surface area contributed by atoms with E-state index in [0.717, 1.165) is 55.4 Å². The minimum absolute atomic E-state index is 0.0963. The quantitative estimate of drug-likeness (QED) is 0.718. The smallest absolute Gasteiger partial charge is 0.410 e. The van der Waals surface area contributed by atoms with Crippen molar-refractivity contribution < 1.29 is 9.53 Å². The number of hydrogen-bond donors (Lipinski definition) is 1. The van der Waals surface area contributed by atoms with Gasteiger partial charge in [0.2, 0.25) is 0 Å². The first kappa shape index (κ1) is 23.3. The number of piperidine rings is 1. The first-order chi connectivity index (χ1) is 15.9. The number of carbonyl (C=O) groups excluding carboxylic acids is 1. The molecule has 0 aliphatic carbocycles. The molecule has 2 saturated heterocycles. The molecule has 1 unspecified atom stereocenters. The van der Waals surface area contributed by atoms with E-state index in [2.05, 4.69) is 15.2 Å². The van der Waals surface area contributed by atoms with Crippen LogP contribution in [0.2, 0.25) is 0 Å². The Hall–Kier alpha value is -2.90. The first-order valence-electron chi connectivity index (χ1n) is 12.2. The number of nitrogens with one attached hydrogen (secondary N) is 1. The second-order valence-electron chi connectivity index (χ2n) is 9.97. The molecule has 8 nitrogen and oxygen atoms in total. The van der Waals surface area contributed by atoms with Crippen LogP contribution in [0, 0.1) is 0 Å². The number of ether oxygens (including phenoxy) is 1. The maximum Gasteiger partial charge on any atom is 0.410 e. The van der Waals surface area contributed by atoms with Crippen molar-refractivity contribution in [2.45, 2.75) is 70.9 Å². The largest absolute Gasteiger partial charge is 0.444 e. The summed E-state index contributed by atoms with van der Waals surface area (Å²) in [5, 5.41) is 3.64.